The molecule has 0 saturated heterocycles. The lowest BCUT2D eigenvalue weighted by molar-refractivity contribution is 0.0857. The predicted molar refractivity (Wildman–Crippen MR) is 60.8 cm³/mol. The summed E-state index contributed by atoms with van der Waals surface area (Å²) in [5, 5.41) is 9.38. The van der Waals surface area contributed by atoms with Gasteiger partial charge in [-0.3, -0.25) is 0 Å². The number of hydrogen-bond acceptors (Lipinski definition) is 4. The SMILES string of the molecule is CC(C)(O)CNS(=O)(=O)c1ccc(Cl)s1. The lowest BCUT2D eigenvalue weighted by Gasteiger charge is -2.17. The van der Waals surface area contributed by atoms with Crippen LogP contribution in [0, 0.1) is 0 Å². The molecule has 86 valence electrons. The summed E-state index contributed by atoms with van der Waals surface area (Å²) in [5.41, 5.74) is -1.08. The van der Waals surface area contributed by atoms with Gasteiger partial charge in [0.2, 0.25) is 10.0 Å². The highest BCUT2D eigenvalue weighted by atomic mass is 35.5. The Kier molecular flexibility index (Phi) is 3.78. The van der Waals surface area contributed by atoms with Crippen LogP contribution in [0.5, 0.6) is 0 Å². The highest BCUT2D eigenvalue weighted by Crippen LogP contribution is 2.25. The summed E-state index contributed by atoms with van der Waals surface area (Å²) in [6, 6.07) is 2.95. The van der Waals surface area contributed by atoms with Crippen molar-refractivity contribution in [2.75, 3.05) is 6.54 Å². The van der Waals surface area contributed by atoms with E-state index in [2.05, 4.69) is 4.72 Å². The van der Waals surface area contributed by atoms with E-state index in [1.807, 2.05) is 0 Å². The largest absolute Gasteiger partial charge is 0.389 e. The number of halogens is 1. The van der Waals surface area contributed by atoms with Gasteiger partial charge < -0.3 is 5.11 Å². The maximum atomic E-state index is 11.6. The lowest BCUT2D eigenvalue weighted by atomic mass is 10.1. The molecule has 0 aliphatic carbocycles. The van der Waals surface area contributed by atoms with E-state index in [-0.39, 0.29) is 10.8 Å². The van der Waals surface area contributed by atoms with Crippen molar-refractivity contribution in [3.8, 4) is 0 Å². The molecule has 0 saturated carbocycles. The van der Waals surface area contributed by atoms with Gasteiger partial charge in [-0.2, -0.15) is 0 Å². The zero-order valence-corrected chi connectivity index (χ0v) is 10.7. The number of aliphatic hydroxyl groups is 1. The van der Waals surface area contributed by atoms with Crippen LogP contribution in [-0.4, -0.2) is 25.7 Å². The molecule has 4 nitrogen and oxygen atoms in total. The number of hydrogen-bond donors (Lipinski definition) is 2. The molecule has 7 heteroatoms. The van der Waals surface area contributed by atoms with Crippen LogP contribution in [-0.2, 0) is 10.0 Å². The molecule has 0 unspecified atom stereocenters. The Bertz CT molecular complexity index is 433. The molecule has 0 spiro atoms. The molecule has 0 bridgehead atoms. The van der Waals surface area contributed by atoms with E-state index in [1.165, 1.54) is 26.0 Å². The molecule has 1 aromatic heterocycles. The van der Waals surface area contributed by atoms with E-state index >= 15 is 0 Å². The van der Waals surface area contributed by atoms with Crippen LogP contribution in [0.3, 0.4) is 0 Å². The molecule has 0 amide bonds. The Morgan fingerprint density at radius 3 is 2.53 bits per heavy atom. The first-order chi connectivity index (χ1) is 6.71. The third-order valence-corrected chi connectivity index (χ3v) is 4.63. The minimum absolute atomic E-state index is 0.0369. The van der Waals surface area contributed by atoms with Crippen LogP contribution >= 0.6 is 22.9 Å². The molecular formula is C8H12ClNO3S2. The van der Waals surface area contributed by atoms with Gasteiger partial charge in [0.1, 0.15) is 4.21 Å². The van der Waals surface area contributed by atoms with Crippen molar-refractivity contribution >= 4 is 33.0 Å². The molecule has 0 aliphatic heterocycles. The van der Waals surface area contributed by atoms with Crippen molar-refractivity contribution in [3.63, 3.8) is 0 Å². The Hall–Kier alpha value is -0.140. The Labute approximate surface area is 97.9 Å². The van der Waals surface area contributed by atoms with Gasteiger partial charge in [-0.05, 0) is 26.0 Å². The zero-order valence-electron chi connectivity index (χ0n) is 8.32. The Morgan fingerprint density at radius 2 is 2.13 bits per heavy atom. The summed E-state index contributed by atoms with van der Waals surface area (Å²) in [7, 11) is -3.55. The van der Waals surface area contributed by atoms with Crippen molar-refractivity contribution in [1.82, 2.24) is 4.72 Å². The third kappa shape index (κ3) is 4.08. The van der Waals surface area contributed by atoms with E-state index in [0.29, 0.717) is 4.34 Å². The number of thiophene rings is 1. The molecule has 0 fully saturated rings. The van der Waals surface area contributed by atoms with Gasteiger partial charge in [0.15, 0.2) is 0 Å². The standard InChI is InChI=1S/C8H12ClNO3S2/c1-8(2,11)5-10-15(12,13)7-4-3-6(9)14-7/h3-4,10-11H,5H2,1-2H3. The van der Waals surface area contributed by atoms with Crippen molar-refractivity contribution in [2.45, 2.75) is 23.7 Å². The van der Waals surface area contributed by atoms with E-state index in [9.17, 15) is 13.5 Å². The van der Waals surface area contributed by atoms with Crippen LogP contribution in [0.1, 0.15) is 13.8 Å². The minimum atomic E-state index is -3.55. The van der Waals surface area contributed by atoms with E-state index < -0.39 is 15.6 Å². The normalized spacial score (nSPS) is 13.1. The quantitative estimate of drug-likeness (QED) is 0.869. The summed E-state index contributed by atoms with van der Waals surface area (Å²) in [5.74, 6) is 0. The van der Waals surface area contributed by atoms with Crippen LogP contribution in [0.25, 0.3) is 0 Å². The average Bonchev–Trinajstić information content (AvgIpc) is 2.48. The van der Waals surface area contributed by atoms with Crippen molar-refractivity contribution in [2.24, 2.45) is 0 Å². The highest BCUT2D eigenvalue weighted by molar-refractivity contribution is 7.91. The topological polar surface area (TPSA) is 66.4 Å². The van der Waals surface area contributed by atoms with Gasteiger partial charge in [0.25, 0.3) is 0 Å². The molecule has 0 radical (unpaired) electrons. The fourth-order valence-electron chi connectivity index (χ4n) is 0.785. The van der Waals surface area contributed by atoms with E-state index in [4.69, 9.17) is 11.6 Å². The number of sulfonamides is 1. The van der Waals surface area contributed by atoms with Crippen LogP contribution in [0.4, 0.5) is 0 Å². The number of rotatable bonds is 4. The van der Waals surface area contributed by atoms with Gasteiger partial charge in [0.05, 0.1) is 9.94 Å². The first-order valence-electron chi connectivity index (χ1n) is 4.18. The molecule has 15 heavy (non-hydrogen) atoms. The summed E-state index contributed by atoms with van der Waals surface area (Å²) >= 11 is 6.61. The molecule has 0 aliphatic rings. The molecule has 1 rings (SSSR count). The second-order valence-corrected chi connectivity index (χ2v) is 7.40. The van der Waals surface area contributed by atoms with E-state index in [1.54, 1.807) is 0 Å². The monoisotopic (exact) mass is 269 g/mol. The van der Waals surface area contributed by atoms with Crippen LogP contribution < -0.4 is 4.72 Å². The maximum absolute atomic E-state index is 11.6. The molecule has 1 heterocycles. The van der Waals surface area contributed by atoms with Gasteiger partial charge >= 0.3 is 0 Å². The van der Waals surface area contributed by atoms with Crippen LogP contribution in [0.2, 0.25) is 4.34 Å². The Balaban J connectivity index is 2.77. The maximum Gasteiger partial charge on any atom is 0.250 e. The fraction of sp³-hybridized carbons (Fsp3) is 0.500. The van der Waals surface area contributed by atoms with Crippen molar-refractivity contribution in [1.29, 1.82) is 0 Å². The van der Waals surface area contributed by atoms with Gasteiger partial charge in [-0.1, -0.05) is 11.6 Å². The first-order valence-corrected chi connectivity index (χ1v) is 6.86. The Morgan fingerprint density at radius 1 is 1.53 bits per heavy atom. The van der Waals surface area contributed by atoms with Gasteiger partial charge in [-0.25, -0.2) is 13.1 Å². The molecule has 2 N–H and O–H groups in total. The van der Waals surface area contributed by atoms with Crippen LogP contribution in [0.15, 0.2) is 16.3 Å². The second kappa shape index (κ2) is 4.39. The fourth-order valence-corrected chi connectivity index (χ4v) is 3.52. The molecule has 1 aromatic rings. The summed E-state index contributed by atoms with van der Waals surface area (Å²) in [6.07, 6.45) is 0. The predicted octanol–water partition coefficient (Wildman–Crippen LogP) is 1.45. The molecule has 0 atom stereocenters. The highest BCUT2D eigenvalue weighted by Gasteiger charge is 2.20. The van der Waals surface area contributed by atoms with Crippen molar-refractivity contribution < 1.29 is 13.5 Å². The third-order valence-electron chi connectivity index (χ3n) is 1.51. The van der Waals surface area contributed by atoms with Gasteiger partial charge in [0, 0.05) is 6.54 Å². The number of nitrogens with one attached hydrogen (secondary N) is 1. The smallest absolute Gasteiger partial charge is 0.250 e. The van der Waals surface area contributed by atoms with Crippen molar-refractivity contribution in [3.05, 3.63) is 16.5 Å². The summed E-state index contributed by atoms with van der Waals surface area (Å²) < 4.78 is 26.1. The van der Waals surface area contributed by atoms with Gasteiger partial charge in [-0.15, -0.1) is 11.3 Å². The van der Waals surface area contributed by atoms with E-state index in [0.717, 1.165) is 11.3 Å². The molecule has 0 aromatic carbocycles. The minimum Gasteiger partial charge on any atom is -0.389 e. The summed E-state index contributed by atoms with van der Waals surface area (Å²) in [4.78, 5) is 0. The summed E-state index contributed by atoms with van der Waals surface area (Å²) in [6.45, 7) is 3.01. The lowest BCUT2D eigenvalue weighted by Crippen LogP contribution is -2.37. The second-order valence-electron chi connectivity index (χ2n) is 3.70. The first kappa shape index (κ1) is 12.9. The zero-order chi connectivity index (χ0) is 11.7. The average molecular weight is 270 g/mol. The molecular weight excluding hydrogens is 258 g/mol.